The van der Waals surface area contributed by atoms with Crippen LogP contribution in [0.5, 0.6) is 0 Å². The van der Waals surface area contributed by atoms with Crippen molar-refractivity contribution < 1.29 is 4.79 Å². The molecule has 1 atom stereocenters. The largest absolute Gasteiger partial charge is 0.298 e. The minimum Gasteiger partial charge on any atom is -0.298 e. The molecule has 0 N–H and O–H groups in total. The van der Waals surface area contributed by atoms with Crippen molar-refractivity contribution in [2.24, 2.45) is 0 Å². The summed E-state index contributed by atoms with van der Waals surface area (Å²) in [4.78, 5) is 11.6. The molecule has 1 rings (SSSR count). The smallest absolute Gasteiger partial charge is 0.146 e. The van der Waals surface area contributed by atoms with Crippen molar-refractivity contribution >= 4 is 37.6 Å². The van der Waals surface area contributed by atoms with Crippen molar-refractivity contribution in [2.45, 2.75) is 37.9 Å². The molecule has 1 aromatic rings. The zero-order valence-electron chi connectivity index (χ0n) is 9.59. The van der Waals surface area contributed by atoms with Gasteiger partial charge in [0, 0.05) is 10.9 Å². The lowest BCUT2D eigenvalue weighted by atomic mass is 10.0. The highest BCUT2D eigenvalue weighted by Crippen LogP contribution is 2.20. The summed E-state index contributed by atoms with van der Waals surface area (Å²) in [5.74, 6) is 0.296. The van der Waals surface area contributed by atoms with Crippen LogP contribution in [0, 0.1) is 6.92 Å². The van der Waals surface area contributed by atoms with Gasteiger partial charge in [-0.3, -0.25) is 4.79 Å². The lowest BCUT2D eigenvalue weighted by Gasteiger charge is -2.11. The van der Waals surface area contributed by atoms with Gasteiger partial charge in [-0.1, -0.05) is 44.8 Å². The van der Waals surface area contributed by atoms with Crippen molar-refractivity contribution in [3.05, 3.63) is 33.8 Å². The summed E-state index contributed by atoms with van der Waals surface area (Å²) in [5, 5.41) is 0. The average molecular weight is 348 g/mol. The number of ketones is 1. The SMILES string of the molecule is CCCC(=O)C(Br)Cc1ccc(Br)cc1C. The van der Waals surface area contributed by atoms with Gasteiger partial charge in [0.15, 0.2) is 0 Å². The topological polar surface area (TPSA) is 17.1 Å². The van der Waals surface area contributed by atoms with Crippen LogP contribution in [-0.4, -0.2) is 10.6 Å². The fourth-order valence-electron chi connectivity index (χ4n) is 1.60. The number of hydrogen-bond acceptors (Lipinski definition) is 1. The summed E-state index contributed by atoms with van der Waals surface area (Å²) in [6.45, 7) is 4.10. The van der Waals surface area contributed by atoms with Gasteiger partial charge in [0.2, 0.25) is 0 Å². The van der Waals surface area contributed by atoms with Crippen molar-refractivity contribution in [3.63, 3.8) is 0 Å². The molecule has 16 heavy (non-hydrogen) atoms. The molecule has 1 aromatic carbocycles. The second kappa shape index (κ2) is 6.55. The van der Waals surface area contributed by atoms with Crippen LogP contribution in [0.4, 0.5) is 0 Å². The molecule has 0 aliphatic carbocycles. The Hall–Kier alpha value is -0.150. The van der Waals surface area contributed by atoms with Gasteiger partial charge in [-0.2, -0.15) is 0 Å². The second-order valence-electron chi connectivity index (χ2n) is 3.96. The van der Waals surface area contributed by atoms with Gasteiger partial charge in [-0.25, -0.2) is 0 Å². The molecule has 88 valence electrons. The summed E-state index contributed by atoms with van der Waals surface area (Å²) < 4.78 is 1.08. The maximum Gasteiger partial charge on any atom is 0.146 e. The van der Waals surface area contributed by atoms with Gasteiger partial charge in [0.05, 0.1) is 4.83 Å². The molecule has 3 heteroatoms. The van der Waals surface area contributed by atoms with Gasteiger partial charge in [0.1, 0.15) is 5.78 Å². The number of carbonyl (C=O) groups is 1. The Bertz CT molecular complexity index is 374. The molecule has 0 heterocycles. The first-order chi connectivity index (χ1) is 7.54. The van der Waals surface area contributed by atoms with E-state index in [1.807, 2.05) is 13.0 Å². The van der Waals surface area contributed by atoms with Crippen molar-refractivity contribution in [3.8, 4) is 0 Å². The van der Waals surface area contributed by atoms with E-state index in [1.165, 1.54) is 11.1 Å². The predicted molar refractivity (Wildman–Crippen MR) is 75.2 cm³/mol. The monoisotopic (exact) mass is 346 g/mol. The Kier molecular flexibility index (Phi) is 5.70. The van der Waals surface area contributed by atoms with Crippen molar-refractivity contribution in [2.75, 3.05) is 0 Å². The minimum absolute atomic E-state index is 0.0488. The maximum atomic E-state index is 11.7. The molecule has 0 saturated carbocycles. The Morgan fingerprint density at radius 3 is 2.69 bits per heavy atom. The summed E-state index contributed by atoms with van der Waals surface area (Å²) in [6.07, 6.45) is 2.35. The summed E-state index contributed by atoms with van der Waals surface area (Å²) in [6, 6.07) is 6.18. The highest BCUT2D eigenvalue weighted by atomic mass is 79.9. The zero-order valence-corrected chi connectivity index (χ0v) is 12.8. The highest BCUT2D eigenvalue weighted by Gasteiger charge is 2.15. The molecule has 0 amide bonds. The van der Waals surface area contributed by atoms with Crippen LogP contribution in [0.1, 0.15) is 30.9 Å². The van der Waals surface area contributed by atoms with E-state index in [-0.39, 0.29) is 4.83 Å². The molecule has 0 radical (unpaired) electrons. The molecule has 0 aliphatic rings. The number of rotatable bonds is 5. The first kappa shape index (κ1) is 13.9. The van der Waals surface area contributed by atoms with Gasteiger partial charge in [-0.05, 0) is 43.0 Å². The standard InChI is InChI=1S/C13H16Br2O/c1-3-4-13(16)12(15)8-10-5-6-11(14)7-9(10)2/h5-7,12H,3-4,8H2,1-2H3. The lowest BCUT2D eigenvalue weighted by molar-refractivity contribution is -0.118. The number of benzene rings is 1. The quantitative estimate of drug-likeness (QED) is 0.720. The summed E-state index contributed by atoms with van der Waals surface area (Å²) in [5.41, 5.74) is 2.46. The molecule has 0 aromatic heterocycles. The first-order valence-electron chi connectivity index (χ1n) is 5.46. The first-order valence-corrected chi connectivity index (χ1v) is 7.17. The van der Waals surface area contributed by atoms with Crippen LogP contribution in [0.3, 0.4) is 0 Å². The van der Waals surface area contributed by atoms with Crippen LogP contribution >= 0.6 is 31.9 Å². The van der Waals surface area contributed by atoms with E-state index in [0.717, 1.165) is 17.3 Å². The molecule has 0 bridgehead atoms. The molecule has 0 spiro atoms. The number of hydrogen-bond donors (Lipinski definition) is 0. The van der Waals surface area contributed by atoms with Crippen LogP contribution < -0.4 is 0 Å². The third-order valence-electron chi connectivity index (χ3n) is 2.55. The fourth-order valence-corrected chi connectivity index (χ4v) is 2.65. The fraction of sp³-hybridized carbons (Fsp3) is 0.462. The van der Waals surface area contributed by atoms with Crippen LogP contribution in [0.2, 0.25) is 0 Å². The highest BCUT2D eigenvalue weighted by molar-refractivity contribution is 9.10. The Morgan fingerprint density at radius 2 is 2.12 bits per heavy atom. The second-order valence-corrected chi connectivity index (χ2v) is 5.98. The Balaban J connectivity index is 2.69. The molecule has 0 fully saturated rings. The number of alkyl halides is 1. The normalized spacial score (nSPS) is 12.5. The Morgan fingerprint density at radius 1 is 1.44 bits per heavy atom. The number of Topliss-reactive ketones (excluding diaryl/α,β-unsaturated/α-hetero) is 1. The van der Waals surface area contributed by atoms with Gasteiger partial charge >= 0.3 is 0 Å². The minimum atomic E-state index is -0.0488. The van der Waals surface area contributed by atoms with Gasteiger partial charge in [-0.15, -0.1) is 0 Å². The van der Waals surface area contributed by atoms with E-state index >= 15 is 0 Å². The summed E-state index contributed by atoms with van der Waals surface area (Å²) in [7, 11) is 0. The predicted octanol–water partition coefficient (Wildman–Crippen LogP) is 4.43. The molecule has 1 nitrogen and oxygen atoms in total. The van der Waals surface area contributed by atoms with Gasteiger partial charge < -0.3 is 0 Å². The van der Waals surface area contributed by atoms with Crippen LogP contribution in [-0.2, 0) is 11.2 Å². The third kappa shape index (κ3) is 4.02. The summed E-state index contributed by atoms with van der Waals surface area (Å²) >= 11 is 6.91. The number of carbonyl (C=O) groups excluding carboxylic acids is 1. The Labute approximate surface area is 114 Å². The van der Waals surface area contributed by atoms with E-state index in [1.54, 1.807) is 0 Å². The molecule has 1 unspecified atom stereocenters. The third-order valence-corrected chi connectivity index (χ3v) is 3.88. The van der Waals surface area contributed by atoms with Crippen LogP contribution in [0.25, 0.3) is 0 Å². The molecular formula is C13H16Br2O. The van der Waals surface area contributed by atoms with Crippen molar-refractivity contribution in [1.29, 1.82) is 0 Å². The maximum absolute atomic E-state index is 11.7. The van der Waals surface area contributed by atoms with Crippen molar-refractivity contribution in [1.82, 2.24) is 0 Å². The molecule has 0 aliphatic heterocycles. The van der Waals surface area contributed by atoms with Gasteiger partial charge in [0.25, 0.3) is 0 Å². The van der Waals surface area contributed by atoms with E-state index < -0.39 is 0 Å². The van der Waals surface area contributed by atoms with Crippen LogP contribution in [0.15, 0.2) is 22.7 Å². The lowest BCUT2D eigenvalue weighted by Crippen LogP contribution is -2.16. The zero-order chi connectivity index (χ0) is 12.1. The number of halogens is 2. The van der Waals surface area contributed by atoms with E-state index in [9.17, 15) is 4.79 Å². The van der Waals surface area contributed by atoms with E-state index in [0.29, 0.717) is 12.2 Å². The number of aryl methyl sites for hydroxylation is 1. The molecular weight excluding hydrogens is 332 g/mol. The van der Waals surface area contributed by atoms with E-state index in [2.05, 4.69) is 50.9 Å². The average Bonchev–Trinajstić information content (AvgIpc) is 2.22. The van der Waals surface area contributed by atoms with E-state index in [4.69, 9.17) is 0 Å². The molecule has 0 saturated heterocycles.